The third-order valence-electron chi connectivity index (χ3n) is 5.06. The number of fused-ring (bicyclic) bond motifs is 2. The van der Waals surface area contributed by atoms with Gasteiger partial charge in [-0.2, -0.15) is 0 Å². The maximum absolute atomic E-state index is 13.0. The minimum absolute atomic E-state index is 0.156. The average Bonchev–Trinajstić information content (AvgIpc) is 3.24. The van der Waals surface area contributed by atoms with Gasteiger partial charge in [-0.1, -0.05) is 36.4 Å². The van der Waals surface area contributed by atoms with Gasteiger partial charge < -0.3 is 19.2 Å². The zero-order valence-electron chi connectivity index (χ0n) is 16.1. The number of anilines is 1. The summed E-state index contributed by atoms with van der Waals surface area (Å²) in [6.45, 7) is 1.88. The summed E-state index contributed by atoms with van der Waals surface area (Å²) in [5.74, 6) is 1.27. The number of benzene rings is 3. The van der Waals surface area contributed by atoms with Gasteiger partial charge in [-0.05, 0) is 31.2 Å². The standard InChI is InChI=1S/C24H17NO5/c1-14-21(26)17-8-5-9-18(23(17)30-22(14)15-6-3-2-4-7-15)24(27)25-16-10-11-19-20(12-16)29-13-28-19/h2-12H,13H2,1H3,(H,25,27). The molecule has 1 aliphatic heterocycles. The van der Waals surface area contributed by atoms with Crippen LogP contribution >= 0.6 is 0 Å². The normalized spacial score (nSPS) is 12.2. The van der Waals surface area contributed by atoms with E-state index in [9.17, 15) is 9.59 Å². The number of nitrogens with one attached hydrogen (secondary N) is 1. The first-order valence-electron chi connectivity index (χ1n) is 9.44. The van der Waals surface area contributed by atoms with Gasteiger partial charge in [-0.25, -0.2) is 0 Å². The van der Waals surface area contributed by atoms with Crippen LogP contribution in [0.1, 0.15) is 15.9 Å². The van der Waals surface area contributed by atoms with E-state index < -0.39 is 0 Å². The summed E-state index contributed by atoms with van der Waals surface area (Å²) in [6.07, 6.45) is 0. The van der Waals surface area contributed by atoms with Crippen LogP contribution in [0, 0.1) is 6.92 Å². The van der Waals surface area contributed by atoms with Crippen molar-refractivity contribution in [1.29, 1.82) is 0 Å². The molecule has 2 heterocycles. The van der Waals surface area contributed by atoms with Gasteiger partial charge in [0.05, 0.1) is 10.9 Å². The summed E-state index contributed by atoms with van der Waals surface area (Å²) in [6, 6.07) is 19.5. The summed E-state index contributed by atoms with van der Waals surface area (Å²) in [7, 11) is 0. The highest BCUT2D eigenvalue weighted by Crippen LogP contribution is 2.34. The van der Waals surface area contributed by atoms with E-state index in [0.29, 0.717) is 33.9 Å². The predicted octanol–water partition coefficient (Wildman–Crippen LogP) is 4.75. The lowest BCUT2D eigenvalue weighted by Crippen LogP contribution is -2.15. The fourth-order valence-corrected chi connectivity index (χ4v) is 3.53. The molecule has 1 aliphatic rings. The van der Waals surface area contributed by atoms with E-state index in [1.54, 1.807) is 43.3 Å². The lowest BCUT2D eigenvalue weighted by Gasteiger charge is -2.11. The zero-order chi connectivity index (χ0) is 20.7. The molecule has 1 N–H and O–H groups in total. The van der Waals surface area contributed by atoms with Crippen LogP contribution in [0.2, 0.25) is 0 Å². The van der Waals surface area contributed by atoms with Crippen molar-refractivity contribution in [3.05, 3.63) is 88.1 Å². The number of ether oxygens (including phenoxy) is 2. The second-order valence-corrected chi connectivity index (χ2v) is 6.96. The van der Waals surface area contributed by atoms with Crippen molar-refractivity contribution >= 4 is 22.6 Å². The largest absolute Gasteiger partial charge is 0.455 e. The first-order valence-corrected chi connectivity index (χ1v) is 9.44. The van der Waals surface area contributed by atoms with Gasteiger partial charge in [0.15, 0.2) is 22.5 Å². The van der Waals surface area contributed by atoms with Gasteiger partial charge in [0.25, 0.3) is 5.91 Å². The Morgan fingerprint density at radius 1 is 0.933 bits per heavy atom. The maximum atomic E-state index is 13.0. The van der Waals surface area contributed by atoms with E-state index in [4.69, 9.17) is 13.9 Å². The second-order valence-electron chi connectivity index (χ2n) is 6.96. The Labute approximate surface area is 171 Å². The quantitative estimate of drug-likeness (QED) is 0.538. The number of carbonyl (C=O) groups is 1. The molecule has 0 atom stereocenters. The molecule has 3 aromatic carbocycles. The Hall–Kier alpha value is -4.06. The van der Waals surface area contributed by atoms with Crippen molar-refractivity contribution in [1.82, 2.24) is 0 Å². The fraction of sp³-hybridized carbons (Fsp3) is 0.0833. The van der Waals surface area contributed by atoms with Crippen molar-refractivity contribution in [3.8, 4) is 22.8 Å². The Morgan fingerprint density at radius 3 is 2.57 bits per heavy atom. The van der Waals surface area contributed by atoms with Gasteiger partial charge in [0, 0.05) is 22.9 Å². The molecule has 0 fully saturated rings. The third kappa shape index (κ3) is 2.99. The molecule has 6 nitrogen and oxygen atoms in total. The lowest BCUT2D eigenvalue weighted by molar-refractivity contribution is 0.102. The first kappa shape index (κ1) is 18.0. The number of carbonyl (C=O) groups excluding carboxylic acids is 1. The van der Waals surface area contributed by atoms with Gasteiger partial charge in [0.2, 0.25) is 6.79 Å². The number of hydrogen-bond donors (Lipinski definition) is 1. The zero-order valence-corrected chi connectivity index (χ0v) is 16.1. The first-order chi connectivity index (χ1) is 14.6. The topological polar surface area (TPSA) is 77.8 Å². The van der Waals surface area contributed by atoms with Gasteiger partial charge in [-0.15, -0.1) is 0 Å². The molecule has 0 unspecified atom stereocenters. The van der Waals surface area contributed by atoms with Crippen LogP contribution in [-0.2, 0) is 0 Å². The predicted molar refractivity (Wildman–Crippen MR) is 113 cm³/mol. The molecule has 1 aromatic heterocycles. The molecule has 4 aromatic rings. The number of para-hydroxylation sites is 1. The minimum Gasteiger partial charge on any atom is -0.455 e. The molecule has 1 amide bonds. The molecular weight excluding hydrogens is 382 g/mol. The highest BCUT2D eigenvalue weighted by molar-refractivity contribution is 6.11. The van der Waals surface area contributed by atoms with Crippen LogP contribution < -0.4 is 20.2 Å². The monoisotopic (exact) mass is 399 g/mol. The molecule has 0 aliphatic carbocycles. The average molecular weight is 399 g/mol. The lowest BCUT2D eigenvalue weighted by atomic mass is 10.0. The molecule has 6 heteroatoms. The van der Waals surface area contributed by atoms with E-state index >= 15 is 0 Å². The van der Waals surface area contributed by atoms with Gasteiger partial charge in [-0.3, -0.25) is 9.59 Å². The van der Waals surface area contributed by atoms with Crippen LogP contribution in [0.25, 0.3) is 22.3 Å². The van der Waals surface area contributed by atoms with Crippen molar-refractivity contribution in [2.75, 3.05) is 12.1 Å². The number of rotatable bonds is 3. The molecule has 148 valence electrons. The Kier molecular flexibility index (Phi) is 4.25. The maximum Gasteiger partial charge on any atom is 0.259 e. The summed E-state index contributed by atoms with van der Waals surface area (Å²) in [4.78, 5) is 26.0. The Balaban J connectivity index is 1.60. The second kappa shape index (κ2) is 7.08. The summed E-state index contributed by atoms with van der Waals surface area (Å²) >= 11 is 0. The summed E-state index contributed by atoms with van der Waals surface area (Å²) in [5.41, 5.74) is 2.21. The highest BCUT2D eigenvalue weighted by atomic mass is 16.7. The van der Waals surface area contributed by atoms with Crippen LogP contribution in [-0.4, -0.2) is 12.7 Å². The Bertz CT molecular complexity index is 1340. The van der Waals surface area contributed by atoms with Crippen LogP contribution in [0.15, 0.2) is 75.9 Å². The smallest absolute Gasteiger partial charge is 0.259 e. The van der Waals surface area contributed by atoms with Crippen molar-refractivity contribution in [2.45, 2.75) is 6.92 Å². The van der Waals surface area contributed by atoms with Crippen molar-refractivity contribution in [2.24, 2.45) is 0 Å². The molecule has 0 bridgehead atoms. The minimum atomic E-state index is -0.384. The van der Waals surface area contributed by atoms with E-state index in [1.165, 1.54) is 0 Å². The molecule has 5 rings (SSSR count). The van der Waals surface area contributed by atoms with E-state index in [-0.39, 0.29) is 29.3 Å². The number of amides is 1. The fourth-order valence-electron chi connectivity index (χ4n) is 3.53. The van der Waals surface area contributed by atoms with E-state index in [0.717, 1.165) is 5.56 Å². The van der Waals surface area contributed by atoms with Gasteiger partial charge >= 0.3 is 0 Å². The van der Waals surface area contributed by atoms with E-state index in [1.807, 2.05) is 30.3 Å². The molecular formula is C24H17NO5. The van der Waals surface area contributed by atoms with Crippen molar-refractivity contribution < 1.29 is 18.7 Å². The molecule has 0 radical (unpaired) electrons. The SMILES string of the molecule is Cc1c(-c2ccccc2)oc2c(C(=O)Nc3ccc4c(c3)OCO4)cccc2c1=O. The third-order valence-corrected chi connectivity index (χ3v) is 5.06. The number of hydrogen-bond acceptors (Lipinski definition) is 5. The summed E-state index contributed by atoms with van der Waals surface area (Å²) < 4.78 is 16.8. The molecule has 0 saturated carbocycles. The Morgan fingerprint density at radius 2 is 1.73 bits per heavy atom. The summed E-state index contributed by atoms with van der Waals surface area (Å²) in [5, 5.41) is 3.20. The molecule has 0 spiro atoms. The molecule has 30 heavy (non-hydrogen) atoms. The molecule has 0 saturated heterocycles. The van der Waals surface area contributed by atoms with E-state index in [2.05, 4.69) is 5.32 Å². The highest BCUT2D eigenvalue weighted by Gasteiger charge is 2.19. The van der Waals surface area contributed by atoms with Crippen LogP contribution in [0.4, 0.5) is 5.69 Å². The van der Waals surface area contributed by atoms with Gasteiger partial charge in [0.1, 0.15) is 5.76 Å². The van der Waals surface area contributed by atoms with Crippen LogP contribution in [0.3, 0.4) is 0 Å². The van der Waals surface area contributed by atoms with Crippen LogP contribution in [0.5, 0.6) is 11.5 Å². The van der Waals surface area contributed by atoms with Crippen molar-refractivity contribution in [3.63, 3.8) is 0 Å².